The maximum atomic E-state index is 2.39. The molecule has 0 heterocycles. The van der Waals surface area contributed by atoms with Gasteiger partial charge in [-0.2, -0.15) is 0 Å². The van der Waals surface area contributed by atoms with Gasteiger partial charge in [0.05, 0.1) is 0 Å². The summed E-state index contributed by atoms with van der Waals surface area (Å²) in [7, 11) is 0. The van der Waals surface area contributed by atoms with Crippen LogP contribution in [-0.4, -0.2) is 0 Å². The van der Waals surface area contributed by atoms with Crippen LogP contribution in [0.15, 0.2) is 84.9 Å². The molecule has 0 radical (unpaired) electrons. The lowest BCUT2D eigenvalue weighted by Gasteiger charge is -2.35. The largest absolute Gasteiger partial charge is 0.0622 e. The van der Waals surface area contributed by atoms with Crippen molar-refractivity contribution in [1.29, 1.82) is 0 Å². The van der Waals surface area contributed by atoms with Crippen molar-refractivity contribution in [2.75, 3.05) is 0 Å². The topological polar surface area (TPSA) is 0 Å². The molecule has 0 spiro atoms. The third-order valence-corrected chi connectivity index (χ3v) is 5.67. The first-order valence-electron chi connectivity index (χ1n) is 9.03. The van der Waals surface area contributed by atoms with Crippen LogP contribution >= 0.6 is 0 Å². The molecule has 3 atom stereocenters. The van der Waals surface area contributed by atoms with Crippen LogP contribution in [0.25, 0.3) is 0 Å². The SMILES string of the molecule is C[C@H](c1ccccc1)[C@H]1CC[C@@H](c2ccccc2)c2ccccc21. The zero-order valence-electron chi connectivity index (χ0n) is 14.2. The summed E-state index contributed by atoms with van der Waals surface area (Å²) in [4.78, 5) is 0. The molecule has 24 heavy (non-hydrogen) atoms. The summed E-state index contributed by atoms with van der Waals surface area (Å²) in [6.45, 7) is 2.39. The molecule has 0 unspecified atom stereocenters. The van der Waals surface area contributed by atoms with Crippen LogP contribution in [0.5, 0.6) is 0 Å². The highest BCUT2D eigenvalue weighted by molar-refractivity contribution is 5.43. The highest BCUT2D eigenvalue weighted by atomic mass is 14.3. The van der Waals surface area contributed by atoms with Crippen LogP contribution in [0.1, 0.15) is 59.8 Å². The van der Waals surface area contributed by atoms with Gasteiger partial charge in [0.25, 0.3) is 0 Å². The van der Waals surface area contributed by atoms with Gasteiger partial charge in [0.2, 0.25) is 0 Å². The molecule has 0 aliphatic heterocycles. The molecular formula is C24H24. The van der Waals surface area contributed by atoms with E-state index in [1.54, 1.807) is 5.56 Å². The average Bonchev–Trinajstić information content (AvgIpc) is 2.68. The summed E-state index contributed by atoms with van der Waals surface area (Å²) in [5.74, 6) is 1.72. The van der Waals surface area contributed by atoms with Gasteiger partial charge >= 0.3 is 0 Å². The van der Waals surface area contributed by atoms with E-state index in [2.05, 4.69) is 91.9 Å². The second-order valence-electron chi connectivity index (χ2n) is 6.98. The van der Waals surface area contributed by atoms with E-state index >= 15 is 0 Å². The van der Waals surface area contributed by atoms with Gasteiger partial charge in [-0.3, -0.25) is 0 Å². The first kappa shape index (κ1) is 15.2. The number of fused-ring (bicyclic) bond motifs is 1. The monoisotopic (exact) mass is 312 g/mol. The summed E-state index contributed by atoms with van der Waals surface area (Å²) in [5.41, 5.74) is 5.99. The minimum atomic E-state index is 0.543. The van der Waals surface area contributed by atoms with Gasteiger partial charge in [-0.1, -0.05) is 91.9 Å². The number of hydrogen-bond donors (Lipinski definition) is 0. The summed E-state index contributed by atoms with van der Waals surface area (Å²) < 4.78 is 0. The second kappa shape index (κ2) is 6.65. The van der Waals surface area contributed by atoms with Crippen LogP contribution in [0.3, 0.4) is 0 Å². The quantitative estimate of drug-likeness (QED) is 0.518. The molecule has 0 N–H and O–H groups in total. The molecule has 1 aliphatic carbocycles. The van der Waals surface area contributed by atoms with Gasteiger partial charge in [-0.25, -0.2) is 0 Å². The van der Waals surface area contributed by atoms with Gasteiger partial charge in [-0.05, 0) is 46.9 Å². The summed E-state index contributed by atoms with van der Waals surface area (Å²) in [5, 5.41) is 0. The number of benzene rings is 3. The minimum absolute atomic E-state index is 0.543. The zero-order valence-corrected chi connectivity index (χ0v) is 14.2. The Morgan fingerprint density at radius 2 is 1.25 bits per heavy atom. The molecule has 3 aromatic carbocycles. The minimum Gasteiger partial charge on any atom is -0.0622 e. The average molecular weight is 312 g/mol. The predicted molar refractivity (Wildman–Crippen MR) is 102 cm³/mol. The molecule has 0 saturated carbocycles. The summed E-state index contributed by atoms with van der Waals surface area (Å²) in [6.07, 6.45) is 2.50. The van der Waals surface area contributed by atoms with Gasteiger partial charge < -0.3 is 0 Å². The molecule has 0 fully saturated rings. The second-order valence-corrected chi connectivity index (χ2v) is 6.98. The Labute approximate surface area is 145 Å². The standard InChI is InChI=1S/C24H24/c1-18(19-10-4-2-5-11-19)21-16-17-22(20-12-6-3-7-13-20)24-15-9-8-14-23(21)24/h2-15,18,21-22H,16-17H2,1H3/t18-,21-,22+/m1/s1. The number of rotatable bonds is 3. The predicted octanol–water partition coefficient (Wildman–Crippen LogP) is 6.50. The van der Waals surface area contributed by atoms with Gasteiger partial charge in [-0.15, -0.1) is 0 Å². The van der Waals surface area contributed by atoms with Crippen LogP contribution < -0.4 is 0 Å². The highest BCUT2D eigenvalue weighted by Crippen LogP contribution is 2.47. The van der Waals surface area contributed by atoms with Gasteiger partial charge in [0, 0.05) is 5.92 Å². The van der Waals surface area contributed by atoms with Gasteiger partial charge in [0.1, 0.15) is 0 Å². The van der Waals surface area contributed by atoms with Crippen molar-refractivity contribution >= 4 is 0 Å². The zero-order chi connectivity index (χ0) is 16.4. The van der Waals surface area contributed by atoms with Crippen molar-refractivity contribution < 1.29 is 0 Å². The fourth-order valence-corrected chi connectivity index (χ4v) is 4.36. The van der Waals surface area contributed by atoms with E-state index in [-0.39, 0.29) is 0 Å². The smallest absolute Gasteiger partial charge is 0.00924 e. The van der Waals surface area contributed by atoms with Gasteiger partial charge in [0.15, 0.2) is 0 Å². The Balaban J connectivity index is 1.72. The third-order valence-electron chi connectivity index (χ3n) is 5.67. The van der Waals surface area contributed by atoms with E-state index in [1.807, 2.05) is 0 Å². The fourth-order valence-electron chi connectivity index (χ4n) is 4.36. The molecule has 120 valence electrons. The Morgan fingerprint density at radius 1 is 0.667 bits per heavy atom. The highest BCUT2D eigenvalue weighted by Gasteiger charge is 2.31. The lowest BCUT2D eigenvalue weighted by molar-refractivity contribution is 0.464. The molecule has 0 aromatic heterocycles. The molecule has 4 rings (SSSR count). The lowest BCUT2D eigenvalue weighted by atomic mass is 9.69. The van der Waals surface area contributed by atoms with Crippen LogP contribution in [0.2, 0.25) is 0 Å². The summed E-state index contributed by atoms with van der Waals surface area (Å²) >= 11 is 0. The molecular weight excluding hydrogens is 288 g/mol. The Kier molecular flexibility index (Phi) is 4.21. The number of hydrogen-bond acceptors (Lipinski definition) is 0. The molecule has 1 aliphatic rings. The Morgan fingerprint density at radius 3 is 1.96 bits per heavy atom. The lowest BCUT2D eigenvalue weighted by Crippen LogP contribution is -2.19. The van der Waals surface area contributed by atoms with E-state index in [4.69, 9.17) is 0 Å². The van der Waals surface area contributed by atoms with Crippen molar-refractivity contribution in [3.8, 4) is 0 Å². The van der Waals surface area contributed by atoms with E-state index in [0.717, 1.165) is 0 Å². The Bertz CT molecular complexity index is 789. The molecule has 0 amide bonds. The normalized spacial score (nSPS) is 21.0. The van der Waals surface area contributed by atoms with Crippen molar-refractivity contribution in [2.45, 2.75) is 37.5 Å². The third kappa shape index (κ3) is 2.78. The maximum Gasteiger partial charge on any atom is 0.00924 e. The molecule has 0 nitrogen and oxygen atoms in total. The van der Waals surface area contributed by atoms with Crippen LogP contribution in [0, 0.1) is 0 Å². The van der Waals surface area contributed by atoms with E-state index < -0.39 is 0 Å². The molecule has 0 saturated heterocycles. The maximum absolute atomic E-state index is 2.39. The molecule has 3 aromatic rings. The Hall–Kier alpha value is -2.34. The first-order valence-corrected chi connectivity index (χ1v) is 9.03. The van der Waals surface area contributed by atoms with Crippen molar-refractivity contribution in [2.24, 2.45) is 0 Å². The molecule has 0 heteroatoms. The van der Waals surface area contributed by atoms with Crippen molar-refractivity contribution in [3.63, 3.8) is 0 Å². The van der Waals surface area contributed by atoms with Crippen LogP contribution in [-0.2, 0) is 0 Å². The van der Waals surface area contributed by atoms with E-state index in [9.17, 15) is 0 Å². The van der Waals surface area contributed by atoms with E-state index in [0.29, 0.717) is 17.8 Å². The summed E-state index contributed by atoms with van der Waals surface area (Å²) in [6, 6.07) is 31.1. The van der Waals surface area contributed by atoms with Crippen LogP contribution in [0.4, 0.5) is 0 Å². The van der Waals surface area contributed by atoms with E-state index in [1.165, 1.54) is 29.5 Å². The van der Waals surface area contributed by atoms with Crippen molar-refractivity contribution in [3.05, 3.63) is 107 Å². The molecule has 0 bridgehead atoms. The fraction of sp³-hybridized carbons (Fsp3) is 0.250. The first-order chi connectivity index (χ1) is 11.8. The van der Waals surface area contributed by atoms with Crippen molar-refractivity contribution in [1.82, 2.24) is 0 Å².